The molecule has 0 bridgehead atoms. The predicted octanol–water partition coefficient (Wildman–Crippen LogP) is 2.41. The van der Waals surface area contributed by atoms with Crippen LogP contribution in [0, 0.1) is 5.41 Å². The molecule has 1 aliphatic rings. The molecule has 3 nitrogen and oxygen atoms in total. The molecule has 15 heavy (non-hydrogen) atoms. The standard InChI is InChI=1S/C12H23NO2/c1-11(2)5-4-6-12(13-3,8-7-11)9-10(14)15/h13H,4-9H2,1-3H3,(H,14,15). The van der Waals surface area contributed by atoms with Crippen LogP contribution in [0.5, 0.6) is 0 Å². The Labute approximate surface area is 92.3 Å². The van der Waals surface area contributed by atoms with E-state index in [1.165, 1.54) is 6.42 Å². The summed E-state index contributed by atoms with van der Waals surface area (Å²) in [5.41, 5.74) is 0.205. The number of rotatable bonds is 3. The van der Waals surface area contributed by atoms with Gasteiger partial charge in [-0.1, -0.05) is 20.3 Å². The Morgan fingerprint density at radius 1 is 1.27 bits per heavy atom. The van der Waals surface area contributed by atoms with Gasteiger partial charge in [-0.05, 0) is 38.1 Å². The molecule has 1 saturated carbocycles. The number of carboxylic acids is 1. The molecular weight excluding hydrogens is 190 g/mol. The lowest BCUT2D eigenvalue weighted by atomic mass is 9.82. The predicted molar refractivity (Wildman–Crippen MR) is 60.9 cm³/mol. The summed E-state index contributed by atoms with van der Waals surface area (Å²) < 4.78 is 0. The molecule has 1 unspecified atom stereocenters. The highest BCUT2D eigenvalue weighted by Gasteiger charge is 2.35. The highest BCUT2D eigenvalue weighted by molar-refractivity contribution is 5.68. The van der Waals surface area contributed by atoms with Gasteiger partial charge in [0.2, 0.25) is 0 Å². The highest BCUT2D eigenvalue weighted by Crippen LogP contribution is 2.39. The zero-order valence-corrected chi connectivity index (χ0v) is 10.1. The molecule has 0 heterocycles. The van der Waals surface area contributed by atoms with Crippen molar-refractivity contribution in [1.82, 2.24) is 5.32 Å². The van der Waals surface area contributed by atoms with Gasteiger partial charge in [0, 0.05) is 5.54 Å². The minimum atomic E-state index is -0.691. The van der Waals surface area contributed by atoms with Gasteiger partial charge >= 0.3 is 5.97 Å². The molecule has 0 aromatic heterocycles. The molecule has 0 saturated heterocycles. The van der Waals surface area contributed by atoms with Gasteiger partial charge in [0.05, 0.1) is 6.42 Å². The number of hydrogen-bond donors (Lipinski definition) is 2. The van der Waals surface area contributed by atoms with Crippen LogP contribution >= 0.6 is 0 Å². The molecule has 0 spiro atoms. The highest BCUT2D eigenvalue weighted by atomic mass is 16.4. The van der Waals surface area contributed by atoms with Crippen molar-refractivity contribution in [3.63, 3.8) is 0 Å². The van der Waals surface area contributed by atoms with E-state index in [9.17, 15) is 4.79 Å². The Balaban J connectivity index is 2.70. The van der Waals surface area contributed by atoms with E-state index in [1.54, 1.807) is 0 Å². The number of carbonyl (C=O) groups is 1. The maximum atomic E-state index is 10.9. The number of nitrogens with one attached hydrogen (secondary N) is 1. The van der Waals surface area contributed by atoms with Gasteiger partial charge in [0.15, 0.2) is 0 Å². The first kappa shape index (κ1) is 12.5. The molecule has 0 aromatic rings. The van der Waals surface area contributed by atoms with Gasteiger partial charge in [-0.15, -0.1) is 0 Å². The second kappa shape index (κ2) is 4.52. The molecule has 88 valence electrons. The fraction of sp³-hybridized carbons (Fsp3) is 0.917. The molecule has 0 aliphatic heterocycles. The van der Waals surface area contributed by atoms with Crippen molar-refractivity contribution in [2.45, 2.75) is 57.9 Å². The molecule has 1 atom stereocenters. The van der Waals surface area contributed by atoms with Crippen LogP contribution in [0.15, 0.2) is 0 Å². The smallest absolute Gasteiger partial charge is 0.305 e. The largest absolute Gasteiger partial charge is 0.481 e. The first-order valence-electron chi connectivity index (χ1n) is 5.80. The molecule has 0 amide bonds. The van der Waals surface area contributed by atoms with Crippen LogP contribution in [0.1, 0.15) is 52.4 Å². The number of hydrogen-bond acceptors (Lipinski definition) is 2. The Bertz CT molecular complexity index is 238. The summed E-state index contributed by atoms with van der Waals surface area (Å²) in [7, 11) is 1.89. The van der Waals surface area contributed by atoms with Crippen molar-refractivity contribution in [1.29, 1.82) is 0 Å². The topological polar surface area (TPSA) is 49.3 Å². The Morgan fingerprint density at radius 3 is 2.47 bits per heavy atom. The van der Waals surface area contributed by atoms with Gasteiger partial charge in [0.1, 0.15) is 0 Å². The van der Waals surface area contributed by atoms with Crippen LogP contribution in [0.25, 0.3) is 0 Å². The molecular formula is C12H23NO2. The van der Waals surface area contributed by atoms with Crippen LogP contribution in [0.2, 0.25) is 0 Å². The minimum absolute atomic E-state index is 0.167. The quantitative estimate of drug-likeness (QED) is 0.708. The van der Waals surface area contributed by atoms with Gasteiger partial charge in [-0.25, -0.2) is 0 Å². The molecule has 2 N–H and O–H groups in total. The minimum Gasteiger partial charge on any atom is -0.481 e. The van der Waals surface area contributed by atoms with E-state index < -0.39 is 5.97 Å². The van der Waals surface area contributed by atoms with Crippen LogP contribution in [0.4, 0.5) is 0 Å². The third-order valence-electron chi connectivity index (χ3n) is 3.81. The number of aliphatic carboxylic acids is 1. The molecule has 3 heteroatoms. The Kier molecular flexibility index (Phi) is 3.77. The lowest BCUT2D eigenvalue weighted by Crippen LogP contribution is -2.44. The molecule has 1 aliphatic carbocycles. The van der Waals surface area contributed by atoms with E-state index in [-0.39, 0.29) is 12.0 Å². The summed E-state index contributed by atoms with van der Waals surface area (Å²) in [6.45, 7) is 4.55. The molecule has 0 aromatic carbocycles. The Hall–Kier alpha value is -0.570. The van der Waals surface area contributed by atoms with Crippen LogP contribution in [0.3, 0.4) is 0 Å². The lowest BCUT2D eigenvalue weighted by Gasteiger charge is -2.31. The summed E-state index contributed by atoms with van der Waals surface area (Å²) in [5, 5.41) is 12.2. The van der Waals surface area contributed by atoms with Gasteiger partial charge in [-0.2, -0.15) is 0 Å². The number of carboxylic acid groups (broad SMARTS) is 1. The van der Waals surface area contributed by atoms with Crippen LogP contribution in [-0.2, 0) is 4.79 Å². The summed E-state index contributed by atoms with van der Waals surface area (Å²) in [6, 6.07) is 0. The second-order valence-electron chi connectivity index (χ2n) is 5.62. The van der Waals surface area contributed by atoms with Crippen molar-refractivity contribution >= 4 is 5.97 Å². The van der Waals surface area contributed by atoms with E-state index in [0.717, 1.165) is 25.7 Å². The zero-order chi connectivity index (χ0) is 11.5. The Morgan fingerprint density at radius 2 is 1.93 bits per heavy atom. The maximum absolute atomic E-state index is 10.9. The van der Waals surface area contributed by atoms with Gasteiger partial charge in [0.25, 0.3) is 0 Å². The van der Waals surface area contributed by atoms with Crippen LogP contribution < -0.4 is 5.32 Å². The lowest BCUT2D eigenvalue weighted by molar-refractivity contribution is -0.138. The SMILES string of the molecule is CNC1(CC(=O)O)CCCC(C)(C)CC1. The van der Waals surface area contributed by atoms with E-state index in [4.69, 9.17) is 5.11 Å². The van der Waals surface area contributed by atoms with Gasteiger partial charge < -0.3 is 10.4 Å². The van der Waals surface area contributed by atoms with Crippen molar-refractivity contribution in [3.05, 3.63) is 0 Å². The van der Waals surface area contributed by atoms with Crippen molar-refractivity contribution < 1.29 is 9.90 Å². The molecule has 0 radical (unpaired) electrons. The van der Waals surface area contributed by atoms with Gasteiger partial charge in [-0.3, -0.25) is 4.79 Å². The third-order valence-corrected chi connectivity index (χ3v) is 3.81. The average molecular weight is 213 g/mol. The van der Waals surface area contributed by atoms with E-state index in [0.29, 0.717) is 5.41 Å². The third kappa shape index (κ3) is 3.49. The summed E-state index contributed by atoms with van der Waals surface area (Å²) in [5.74, 6) is -0.691. The summed E-state index contributed by atoms with van der Waals surface area (Å²) >= 11 is 0. The maximum Gasteiger partial charge on any atom is 0.305 e. The molecule has 1 fully saturated rings. The van der Waals surface area contributed by atoms with Crippen LogP contribution in [-0.4, -0.2) is 23.7 Å². The van der Waals surface area contributed by atoms with E-state index in [1.807, 2.05) is 7.05 Å². The second-order valence-corrected chi connectivity index (χ2v) is 5.62. The van der Waals surface area contributed by atoms with Crippen molar-refractivity contribution in [2.75, 3.05) is 7.05 Å². The van der Waals surface area contributed by atoms with E-state index >= 15 is 0 Å². The summed E-state index contributed by atoms with van der Waals surface area (Å²) in [4.78, 5) is 10.9. The van der Waals surface area contributed by atoms with Crippen molar-refractivity contribution in [3.8, 4) is 0 Å². The molecule has 1 rings (SSSR count). The monoisotopic (exact) mass is 213 g/mol. The fourth-order valence-corrected chi connectivity index (χ4v) is 2.54. The fourth-order valence-electron chi connectivity index (χ4n) is 2.54. The first-order valence-corrected chi connectivity index (χ1v) is 5.80. The normalized spacial score (nSPS) is 30.9. The zero-order valence-electron chi connectivity index (χ0n) is 10.1. The van der Waals surface area contributed by atoms with Crippen molar-refractivity contribution in [2.24, 2.45) is 5.41 Å². The first-order chi connectivity index (χ1) is 6.89. The average Bonchev–Trinajstić information content (AvgIpc) is 2.26. The summed E-state index contributed by atoms with van der Waals surface area (Å²) in [6.07, 6.45) is 5.65. The van der Waals surface area contributed by atoms with E-state index in [2.05, 4.69) is 19.2 Å².